The van der Waals surface area contributed by atoms with Crippen molar-refractivity contribution < 1.29 is 4.39 Å². The van der Waals surface area contributed by atoms with Crippen molar-refractivity contribution in [2.24, 2.45) is 5.73 Å². The number of nitrogens with zero attached hydrogens (tertiary/aromatic N) is 2. The van der Waals surface area contributed by atoms with E-state index in [2.05, 4.69) is 21.0 Å². The lowest BCUT2D eigenvalue weighted by molar-refractivity contribution is 0.305. The number of hydrogen-bond donors (Lipinski definition) is 1. The molecular formula is C8H13BrFN3. The van der Waals surface area contributed by atoms with E-state index in [4.69, 9.17) is 5.73 Å². The summed E-state index contributed by atoms with van der Waals surface area (Å²) >= 11 is 3.26. The number of aromatic nitrogens is 2. The summed E-state index contributed by atoms with van der Waals surface area (Å²) in [4.78, 5) is 0. The van der Waals surface area contributed by atoms with Crippen LogP contribution >= 0.6 is 15.9 Å². The molecule has 74 valence electrons. The van der Waals surface area contributed by atoms with Crippen molar-refractivity contribution in [2.75, 3.05) is 6.54 Å². The molecule has 0 fully saturated rings. The van der Waals surface area contributed by atoms with Crippen molar-refractivity contribution in [3.63, 3.8) is 0 Å². The maximum Gasteiger partial charge on any atom is 0.144 e. The lowest BCUT2D eigenvalue weighted by atomic mass is 10.2. The average molecular weight is 250 g/mol. The van der Waals surface area contributed by atoms with Gasteiger partial charge in [-0.15, -0.1) is 0 Å². The lowest BCUT2D eigenvalue weighted by Gasteiger charge is -2.09. The van der Waals surface area contributed by atoms with E-state index in [9.17, 15) is 4.39 Å². The molecule has 0 bridgehead atoms. The lowest BCUT2D eigenvalue weighted by Crippen LogP contribution is -2.09. The first-order valence-corrected chi connectivity index (χ1v) is 5.05. The highest BCUT2D eigenvalue weighted by Crippen LogP contribution is 2.27. The van der Waals surface area contributed by atoms with Crippen LogP contribution in [0.4, 0.5) is 4.39 Å². The first-order chi connectivity index (χ1) is 6.20. The van der Waals surface area contributed by atoms with Gasteiger partial charge >= 0.3 is 0 Å². The van der Waals surface area contributed by atoms with E-state index < -0.39 is 6.17 Å². The summed E-state index contributed by atoms with van der Waals surface area (Å²) in [6.45, 7) is 2.95. The number of rotatable bonds is 4. The van der Waals surface area contributed by atoms with Crippen LogP contribution < -0.4 is 5.73 Å². The van der Waals surface area contributed by atoms with Gasteiger partial charge in [-0.1, -0.05) is 0 Å². The van der Waals surface area contributed by atoms with Crippen molar-refractivity contribution in [1.82, 2.24) is 9.78 Å². The Hall–Kier alpha value is -0.420. The second kappa shape index (κ2) is 4.72. The molecule has 0 amide bonds. The van der Waals surface area contributed by atoms with E-state index in [0.29, 0.717) is 25.2 Å². The predicted molar refractivity (Wildman–Crippen MR) is 53.1 cm³/mol. The highest BCUT2D eigenvalue weighted by atomic mass is 79.9. The Balaban J connectivity index is 2.89. The topological polar surface area (TPSA) is 43.8 Å². The number of hydrogen-bond acceptors (Lipinski definition) is 2. The van der Waals surface area contributed by atoms with Crippen molar-refractivity contribution in [1.29, 1.82) is 0 Å². The van der Waals surface area contributed by atoms with E-state index in [-0.39, 0.29) is 0 Å². The van der Waals surface area contributed by atoms with E-state index in [1.165, 1.54) is 0 Å². The number of aryl methyl sites for hydroxylation is 1. The van der Waals surface area contributed by atoms with Crippen molar-refractivity contribution in [3.8, 4) is 0 Å². The Kier molecular flexibility index (Phi) is 3.87. The third kappa shape index (κ3) is 2.28. The largest absolute Gasteiger partial charge is 0.330 e. The summed E-state index contributed by atoms with van der Waals surface area (Å²) in [6, 6.07) is 0. The minimum atomic E-state index is -1.03. The standard InChI is InChI=1S/C8H13BrFN3/c1-2-13-8(6(9)5-12-13)7(10)3-4-11/h5,7H,2-4,11H2,1H3. The van der Waals surface area contributed by atoms with Crippen LogP contribution in [0, 0.1) is 0 Å². The molecule has 0 aromatic carbocycles. The van der Waals surface area contributed by atoms with Crippen LogP contribution in [-0.4, -0.2) is 16.3 Å². The second-order valence-electron chi connectivity index (χ2n) is 2.74. The molecule has 1 rings (SSSR count). The van der Waals surface area contributed by atoms with E-state index in [1.807, 2.05) is 6.92 Å². The van der Waals surface area contributed by atoms with Gasteiger partial charge in [0, 0.05) is 6.54 Å². The minimum Gasteiger partial charge on any atom is -0.330 e. The van der Waals surface area contributed by atoms with Gasteiger partial charge in [0.1, 0.15) is 6.17 Å². The van der Waals surface area contributed by atoms with Gasteiger partial charge < -0.3 is 5.73 Å². The summed E-state index contributed by atoms with van der Waals surface area (Å²) in [5, 5.41) is 4.03. The molecule has 5 heteroatoms. The van der Waals surface area contributed by atoms with Crippen molar-refractivity contribution in [2.45, 2.75) is 26.1 Å². The summed E-state index contributed by atoms with van der Waals surface area (Å²) in [7, 11) is 0. The summed E-state index contributed by atoms with van der Waals surface area (Å²) in [5.41, 5.74) is 5.88. The maximum atomic E-state index is 13.5. The van der Waals surface area contributed by atoms with Gasteiger partial charge in [0.05, 0.1) is 16.4 Å². The van der Waals surface area contributed by atoms with Crippen molar-refractivity contribution >= 4 is 15.9 Å². The van der Waals surface area contributed by atoms with Gasteiger partial charge in [-0.25, -0.2) is 4.39 Å². The van der Waals surface area contributed by atoms with Gasteiger partial charge in [0.2, 0.25) is 0 Å². The quantitative estimate of drug-likeness (QED) is 0.888. The molecule has 0 aliphatic rings. The predicted octanol–water partition coefficient (Wildman–Crippen LogP) is 2.02. The summed E-state index contributed by atoms with van der Waals surface area (Å²) < 4.78 is 15.9. The normalized spacial score (nSPS) is 13.2. The van der Waals surface area contributed by atoms with Gasteiger partial charge in [-0.2, -0.15) is 5.10 Å². The van der Waals surface area contributed by atoms with Crippen LogP contribution in [0.2, 0.25) is 0 Å². The van der Waals surface area contributed by atoms with Crippen LogP contribution in [0.25, 0.3) is 0 Å². The molecule has 2 N–H and O–H groups in total. The van der Waals surface area contributed by atoms with Gasteiger partial charge in [-0.05, 0) is 35.8 Å². The highest BCUT2D eigenvalue weighted by Gasteiger charge is 2.17. The first kappa shape index (κ1) is 10.7. The van der Waals surface area contributed by atoms with Crippen LogP contribution in [0.3, 0.4) is 0 Å². The van der Waals surface area contributed by atoms with Gasteiger partial charge in [0.15, 0.2) is 0 Å². The fraction of sp³-hybridized carbons (Fsp3) is 0.625. The molecule has 0 saturated heterocycles. The Labute approximate surface area is 85.2 Å². The molecule has 1 aromatic rings. The Morgan fingerprint density at radius 3 is 3.00 bits per heavy atom. The Bertz CT molecular complexity index is 274. The second-order valence-corrected chi connectivity index (χ2v) is 3.59. The van der Waals surface area contributed by atoms with Crippen LogP contribution in [-0.2, 0) is 6.54 Å². The van der Waals surface area contributed by atoms with Gasteiger partial charge in [0.25, 0.3) is 0 Å². The monoisotopic (exact) mass is 249 g/mol. The molecule has 1 aromatic heterocycles. The fourth-order valence-corrected chi connectivity index (χ4v) is 1.76. The van der Waals surface area contributed by atoms with Gasteiger partial charge in [-0.3, -0.25) is 4.68 Å². The Morgan fingerprint density at radius 2 is 2.46 bits per heavy atom. The molecule has 0 aliphatic heterocycles. The fourth-order valence-electron chi connectivity index (χ4n) is 1.22. The molecule has 1 unspecified atom stereocenters. The SMILES string of the molecule is CCn1ncc(Br)c1C(F)CCN. The van der Waals surface area contributed by atoms with Crippen LogP contribution in [0.15, 0.2) is 10.7 Å². The molecule has 13 heavy (non-hydrogen) atoms. The molecule has 0 aliphatic carbocycles. The first-order valence-electron chi connectivity index (χ1n) is 4.26. The zero-order valence-electron chi connectivity index (χ0n) is 7.50. The summed E-state index contributed by atoms with van der Waals surface area (Å²) in [5.74, 6) is 0. The van der Waals surface area contributed by atoms with E-state index in [0.717, 1.165) is 4.47 Å². The van der Waals surface area contributed by atoms with Crippen LogP contribution in [0.5, 0.6) is 0 Å². The highest BCUT2D eigenvalue weighted by molar-refractivity contribution is 9.10. The van der Waals surface area contributed by atoms with Crippen LogP contribution in [0.1, 0.15) is 25.2 Å². The van der Waals surface area contributed by atoms with E-state index >= 15 is 0 Å². The average Bonchev–Trinajstić information content (AvgIpc) is 2.47. The van der Waals surface area contributed by atoms with E-state index in [1.54, 1.807) is 10.9 Å². The molecule has 0 radical (unpaired) electrons. The third-order valence-electron chi connectivity index (χ3n) is 1.85. The Morgan fingerprint density at radius 1 is 1.77 bits per heavy atom. The molecule has 0 saturated carbocycles. The number of nitrogens with two attached hydrogens (primary N) is 1. The number of halogens is 2. The summed E-state index contributed by atoms with van der Waals surface area (Å²) in [6.07, 6.45) is 0.925. The molecule has 1 atom stereocenters. The molecule has 1 heterocycles. The smallest absolute Gasteiger partial charge is 0.144 e. The molecule has 3 nitrogen and oxygen atoms in total. The zero-order valence-corrected chi connectivity index (χ0v) is 9.09. The third-order valence-corrected chi connectivity index (χ3v) is 2.46. The number of alkyl halides is 1. The zero-order chi connectivity index (χ0) is 9.84. The molecular weight excluding hydrogens is 237 g/mol. The maximum absolute atomic E-state index is 13.5. The van der Waals surface area contributed by atoms with Crippen molar-refractivity contribution in [3.05, 3.63) is 16.4 Å². The minimum absolute atomic E-state index is 0.338. The molecule has 0 spiro atoms.